The fourth-order valence-electron chi connectivity index (χ4n) is 2.05. The van der Waals surface area contributed by atoms with E-state index >= 15 is 0 Å². The molecule has 0 aliphatic rings. The van der Waals surface area contributed by atoms with E-state index in [9.17, 15) is 4.79 Å². The van der Waals surface area contributed by atoms with Crippen molar-refractivity contribution in [1.29, 1.82) is 0 Å². The number of rotatable bonds is 4. The molecule has 2 aromatic carbocycles. The normalized spacial score (nSPS) is 11.8. The van der Waals surface area contributed by atoms with Crippen molar-refractivity contribution in [1.82, 2.24) is 5.32 Å². The van der Waals surface area contributed by atoms with Crippen LogP contribution in [-0.4, -0.2) is 13.0 Å². The van der Waals surface area contributed by atoms with Gasteiger partial charge in [-0.05, 0) is 47.1 Å². The Hall–Kier alpha value is -2.01. The third-order valence-corrected chi connectivity index (χ3v) is 3.90. The van der Waals surface area contributed by atoms with Crippen molar-refractivity contribution < 1.29 is 9.53 Å². The van der Waals surface area contributed by atoms with Gasteiger partial charge in [0.1, 0.15) is 5.75 Å². The number of hydrogen-bond acceptors (Lipinski definition) is 3. The number of benzene rings is 2. The number of para-hydroxylation sites is 1. The zero-order valence-corrected chi connectivity index (χ0v) is 13.5. The van der Waals surface area contributed by atoms with E-state index in [4.69, 9.17) is 10.5 Å². The lowest BCUT2D eigenvalue weighted by Crippen LogP contribution is -2.27. The summed E-state index contributed by atoms with van der Waals surface area (Å²) in [7, 11) is 1.62. The highest BCUT2D eigenvalue weighted by molar-refractivity contribution is 9.10. The summed E-state index contributed by atoms with van der Waals surface area (Å²) in [4.78, 5) is 12.3. The van der Waals surface area contributed by atoms with Gasteiger partial charge in [0.2, 0.25) is 0 Å². The molecule has 0 aromatic heterocycles. The second-order valence-electron chi connectivity index (χ2n) is 4.67. The van der Waals surface area contributed by atoms with Gasteiger partial charge in [-0.2, -0.15) is 0 Å². The Morgan fingerprint density at radius 2 is 2.00 bits per heavy atom. The smallest absolute Gasteiger partial charge is 0.251 e. The van der Waals surface area contributed by atoms with Gasteiger partial charge in [-0.1, -0.05) is 18.2 Å². The van der Waals surface area contributed by atoms with Crippen LogP contribution in [-0.2, 0) is 0 Å². The minimum absolute atomic E-state index is 0.158. The molecule has 1 atom stereocenters. The van der Waals surface area contributed by atoms with Crippen LogP contribution >= 0.6 is 15.9 Å². The molecule has 0 bridgehead atoms. The fourth-order valence-corrected chi connectivity index (χ4v) is 2.43. The average molecular weight is 349 g/mol. The van der Waals surface area contributed by atoms with Gasteiger partial charge in [0.05, 0.1) is 13.2 Å². The second-order valence-corrected chi connectivity index (χ2v) is 5.53. The molecule has 110 valence electrons. The van der Waals surface area contributed by atoms with E-state index in [0.717, 1.165) is 11.3 Å². The van der Waals surface area contributed by atoms with Crippen LogP contribution in [0.1, 0.15) is 28.9 Å². The molecule has 21 heavy (non-hydrogen) atoms. The van der Waals surface area contributed by atoms with Crippen molar-refractivity contribution in [3.05, 3.63) is 58.1 Å². The lowest BCUT2D eigenvalue weighted by Gasteiger charge is -2.17. The first-order chi connectivity index (χ1) is 10.0. The summed E-state index contributed by atoms with van der Waals surface area (Å²) < 4.78 is 6.02. The summed E-state index contributed by atoms with van der Waals surface area (Å²) >= 11 is 3.32. The quantitative estimate of drug-likeness (QED) is 0.830. The van der Waals surface area contributed by atoms with Gasteiger partial charge in [0.25, 0.3) is 5.91 Å². The highest BCUT2D eigenvalue weighted by Crippen LogP contribution is 2.25. The minimum Gasteiger partial charge on any atom is -0.496 e. The number of nitrogens with one attached hydrogen (secondary N) is 1. The van der Waals surface area contributed by atoms with E-state index in [1.807, 2.05) is 31.2 Å². The summed E-state index contributed by atoms with van der Waals surface area (Å²) in [5.41, 5.74) is 7.81. The molecule has 0 saturated carbocycles. The monoisotopic (exact) mass is 348 g/mol. The summed E-state index contributed by atoms with van der Waals surface area (Å²) in [6.07, 6.45) is 0. The Kier molecular flexibility index (Phi) is 4.85. The van der Waals surface area contributed by atoms with Crippen LogP contribution < -0.4 is 15.8 Å². The predicted molar refractivity (Wildman–Crippen MR) is 87.4 cm³/mol. The summed E-state index contributed by atoms with van der Waals surface area (Å²) in [6, 6.07) is 12.6. The number of nitrogen functional groups attached to an aromatic ring is 1. The number of anilines is 1. The SMILES string of the molecule is COc1ccccc1[C@@H](C)NC(=O)c1ccc(N)c(Br)c1. The van der Waals surface area contributed by atoms with Gasteiger partial charge in [-0.3, -0.25) is 4.79 Å². The number of carbonyl (C=O) groups excluding carboxylic acids is 1. The second kappa shape index (κ2) is 6.63. The largest absolute Gasteiger partial charge is 0.496 e. The lowest BCUT2D eigenvalue weighted by atomic mass is 10.1. The summed E-state index contributed by atoms with van der Waals surface area (Å²) in [6.45, 7) is 1.92. The van der Waals surface area contributed by atoms with Crippen molar-refractivity contribution >= 4 is 27.5 Å². The first-order valence-corrected chi connectivity index (χ1v) is 7.31. The van der Waals surface area contributed by atoms with Crippen LogP contribution in [0.25, 0.3) is 0 Å². The van der Waals surface area contributed by atoms with Crippen LogP contribution in [0.15, 0.2) is 46.9 Å². The Morgan fingerprint density at radius 1 is 1.29 bits per heavy atom. The van der Waals surface area contributed by atoms with Crippen LogP contribution in [0.3, 0.4) is 0 Å². The van der Waals surface area contributed by atoms with Gasteiger partial charge in [-0.15, -0.1) is 0 Å². The summed E-state index contributed by atoms with van der Waals surface area (Å²) in [5.74, 6) is 0.595. The molecule has 0 fully saturated rings. The number of ether oxygens (including phenoxy) is 1. The van der Waals surface area contributed by atoms with Gasteiger partial charge in [-0.25, -0.2) is 0 Å². The predicted octanol–water partition coefficient (Wildman–Crippen LogP) is 3.53. The average Bonchev–Trinajstić information content (AvgIpc) is 2.49. The highest BCUT2D eigenvalue weighted by atomic mass is 79.9. The van der Waals surface area contributed by atoms with Crippen molar-refractivity contribution in [3.63, 3.8) is 0 Å². The number of carbonyl (C=O) groups is 1. The number of amides is 1. The molecule has 4 nitrogen and oxygen atoms in total. The molecule has 3 N–H and O–H groups in total. The van der Waals surface area contributed by atoms with E-state index in [-0.39, 0.29) is 11.9 Å². The van der Waals surface area contributed by atoms with E-state index in [1.54, 1.807) is 25.3 Å². The third kappa shape index (κ3) is 3.55. The van der Waals surface area contributed by atoms with Crippen LogP contribution in [0.5, 0.6) is 5.75 Å². The molecule has 0 spiro atoms. The summed E-state index contributed by atoms with van der Waals surface area (Å²) in [5, 5.41) is 2.95. The maximum atomic E-state index is 12.3. The number of hydrogen-bond donors (Lipinski definition) is 2. The fraction of sp³-hybridized carbons (Fsp3) is 0.188. The van der Waals surface area contributed by atoms with Crippen molar-refractivity contribution in [3.8, 4) is 5.75 Å². The maximum Gasteiger partial charge on any atom is 0.251 e. The molecule has 2 rings (SSSR count). The molecule has 2 aromatic rings. The first-order valence-electron chi connectivity index (χ1n) is 6.51. The lowest BCUT2D eigenvalue weighted by molar-refractivity contribution is 0.0939. The molecule has 0 aliphatic heterocycles. The third-order valence-electron chi connectivity index (χ3n) is 3.22. The molecule has 0 heterocycles. The van der Waals surface area contributed by atoms with E-state index in [2.05, 4.69) is 21.2 Å². The van der Waals surface area contributed by atoms with Crippen molar-refractivity contribution in [2.45, 2.75) is 13.0 Å². The van der Waals surface area contributed by atoms with Gasteiger partial charge in [0.15, 0.2) is 0 Å². The van der Waals surface area contributed by atoms with Crippen molar-refractivity contribution in [2.75, 3.05) is 12.8 Å². The number of halogens is 1. The van der Waals surface area contributed by atoms with Crippen LogP contribution in [0.2, 0.25) is 0 Å². The Bertz CT molecular complexity index is 658. The van der Waals surface area contributed by atoms with E-state index in [1.165, 1.54) is 0 Å². The van der Waals surface area contributed by atoms with Gasteiger partial charge >= 0.3 is 0 Å². The zero-order valence-electron chi connectivity index (χ0n) is 11.9. The molecular weight excluding hydrogens is 332 g/mol. The Morgan fingerprint density at radius 3 is 2.67 bits per heavy atom. The standard InChI is InChI=1S/C16H17BrN2O2/c1-10(12-5-3-4-6-15(12)21-2)19-16(20)11-7-8-14(18)13(17)9-11/h3-10H,18H2,1-2H3,(H,19,20)/t10-/m1/s1. The number of nitrogens with two attached hydrogens (primary N) is 1. The molecular formula is C16H17BrN2O2. The van der Waals surface area contributed by atoms with Crippen LogP contribution in [0, 0.1) is 0 Å². The molecule has 0 unspecified atom stereocenters. The van der Waals surface area contributed by atoms with Crippen molar-refractivity contribution in [2.24, 2.45) is 0 Å². The number of methoxy groups -OCH3 is 1. The highest BCUT2D eigenvalue weighted by Gasteiger charge is 2.15. The van der Waals surface area contributed by atoms with Crippen LogP contribution in [0.4, 0.5) is 5.69 Å². The van der Waals surface area contributed by atoms with Gasteiger partial charge < -0.3 is 15.8 Å². The maximum absolute atomic E-state index is 12.3. The molecule has 5 heteroatoms. The molecule has 0 aliphatic carbocycles. The van der Waals surface area contributed by atoms with Gasteiger partial charge in [0, 0.05) is 21.3 Å². The zero-order chi connectivity index (χ0) is 15.4. The molecule has 0 saturated heterocycles. The van der Waals surface area contributed by atoms with E-state index < -0.39 is 0 Å². The minimum atomic E-state index is -0.162. The Balaban J connectivity index is 2.16. The topological polar surface area (TPSA) is 64.3 Å². The molecule has 0 radical (unpaired) electrons. The Labute approximate surface area is 132 Å². The first kappa shape index (κ1) is 15.4. The molecule has 1 amide bonds. The van der Waals surface area contributed by atoms with E-state index in [0.29, 0.717) is 15.7 Å².